The topological polar surface area (TPSA) is 130 Å². The number of esters is 2. The molecule has 0 amide bonds. The van der Waals surface area contributed by atoms with Crippen molar-refractivity contribution >= 4 is 35.1 Å². The second-order valence-electron chi connectivity index (χ2n) is 5.10. The van der Waals surface area contributed by atoms with Crippen molar-refractivity contribution in [3.05, 3.63) is 56.6 Å². The minimum atomic E-state index is -0.608. The summed E-state index contributed by atoms with van der Waals surface area (Å²) in [5.41, 5.74) is 0.495. The standard InChI is InChI=1S/C10H8ClNO3.C9H6ClNO3/c1-14-9-7(5-12)3-6(4-8(9)11)10(13)15-2;1-14-9(13)5-2-6(4-11)8(12)7(10)3-5/h3-4H,1-2H3;2-3,12H,1H3. The third-order valence-electron chi connectivity index (χ3n) is 3.39. The predicted octanol–water partition coefficient (Wildman–Crippen LogP) is 3.71. The Bertz CT molecular complexity index is 1020. The molecular formula is C19H14Cl2N2O6. The second-order valence-corrected chi connectivity index (χ2v) is 5.91. The third kappa shape index (κ3) is 5.76. The minimum absolute atomic E-state index is 0.0514. The predicted molar refractivity (Wildman–Crippen MR) is 103 cm³/mol. The molecule has 0 heterocycles. The fraction of sp³-hybridized carbons (Fsp3) is 0.158. The van der Waals surface area contributed by atoms with E-state index in [9.17, 15) is 14.7 Å². The number of methoxy groups -OCH3 is 3. The van der Waals surface area contributed by atoms with E-state index in [1.165, 1.54) is 45.6 Å². The smallest absolute Gasteiger partial charge is 0.337 e. The summed E-state index contributed by atoms with van der Waals surface area (Å²) in [6.07, 6.45) is 0. The molecule has 8 nitrogen and oxygen atoms in total. The Balaban J connectivity index is 0.000000291. The molecule has 2 rings (SSSR count). The first kappa shape index (κ1) is 23.6. The van der Waals surface area contributed by atoms with Crippen LogP contribution in [-0.4, -0.2) is 38.4 Å². The fourth-order valence-electron chi connectivity index (χ4n) is 2.04. The Kier molecular flexibility index (Phi) is 8.75. The summed E-state index contributed by atoms with van der Waals surface area (Å²) >= 11 is 11.4. The highest BCUT2D eigenvalue weighted by molar-refractivity contribution is 6.33. The molecule has 10 heteroatoms. The number of halogens is 2. The summed E-state index contributed by atoms with van der Waals surface area (Å²) in [6.45, 7) is 0. The maximum absolute atomic E-state index is 11.2. The highest BCUT2D eigenvalue weighted by atomic mass is 35.5. The molecule has 0 aliphatic rings. The summed E-state index contributed by atoms with van der Waals surface area (Å²) < 4.78 is 13.9. The monoisotopic (exact) mass is 436 g/mol. The van der Waals surface area contributed by atoms with E-state index in [2.05, 4.69) is 9.47 Å². The Hall–Kier alpha value is -3.46. The van der Waals surface area contributed by atoms with Gasteiger partial charge in [0.15, 0.2) is 11.5 Å². The van der Waals surface area contributed by atoms with Crippen LogP contribution >= 0.6 is 23.2 Å². The first-order valence-electron chi connectivity index (χ1n) is 7.60. The number of phenolic OH excluding ortho intramolecular Hbond substituents is 1. The van der Waals surface area contributed by atoms with E-state index >= 15 is 0 Å². The molecule has 0 saturated heterocycles. The van der Waals surface area contributed by atoms with Crippen molar-refractivity contribution in [3.8, 4) is 23.6 Å². The van der Waals surface area contributed by atoms with Gasteiger partial charge in [0.05, 0.1) is 53.6 Å². The van der Waals surface area contributed by atoms with Crippen molar-refractivity contribution in [2.75, 3.05) is 21.3 Å². The molecule has 0 atom stereocenters. The van der Waals surface area contributed by atoms with Crippen LogP contribution in [0.4, 0.5) is 0 Å². The van der Waals surface area contributed by atoms with Gasteiger partial charge in [0.1, 0.15) is 12.1 Å². The molecule has 0 aliphatic heterocycles. The van der Waals surface area contributed by atoms with Gasteiger partial charge in [0.25, 0.3) is 0 Å². The number of aromatic hydroxyl groups is 1. The first-order chi connectivity index (χ1) is 13.7. The maximum Gasteiger partial charge on any atom is 0.337 e. The van der Waals surface area contributed by atoms with E-state index in [4.69, 9.17) is 38.5 Å². The van der Waals surface area contributed by atoms with Crippen LogP contribution in [0.5, 0.6) is 11.5 Å². The molecular weight excluding hydrogens is 423 g/mol. The van der Waals surface area contributed by atoms with Gasteiger partial charge in [-0.05, 0) is 24.3 Å². The zero-order chi connectivity index (χ0) is 22.1. The second kappa shape index (κ2) is 10.8. The lowest BCUT2D eigenvalue weighted by molar-refractivity contribution is 0.0591. The van der Waals surface area contributed by atoms with Crippen LogP contribution in [0.2, 0.25) is 10.0 Å². The van der Waals surface area contributed by atoms with Crippen LogP contribution in [0.1, 0.15) is 31.8 Å². The van der Waals surface area contributed by atoms with Gasteiger partial charge < -0.3 is 19.3 Å². The number of nitrogens with zero attached hydrogens (tertiary/aromatic N) is 2. The van der Waals surface area contributed by atoms with Gasteiger partial charge in [-0.2, -0.15) is 10.5 Å². The summed E-state index contributed by atoms with van der Waals surface area (Å²) in [5, 5.41) is 26.8. The van der Waals surface area contributed by atoms with E-state index in [0.717, 1.165) is 0 Å². The van der Waals surface area contributed by atoms with Gasteiger partial charge in [0.2, 0.25) is 0 Å². The molecule has 0 saturated carbocycles. The van der Waals surface area contributed by atoms with Crippen LogP contribution in [0.25, 0.3) is 0 Å². The van der Waals surface area contributed by atoms with Crippen molar-refractivity contribution in [3.63, 3.8) is 0 Å². The molecule has 0 aromatic heterocycles. The van der Waals surface area contributed by atoms with Crippen LogP contribution in [0.3, 0.4) is 0 Å². The van der Waals surface area contributed by atoms with E-state index in [-0.39, 0.29) is 43.8 Å². The summed E-state index contributed by atoms with van der Waals surface area (Å²) in [5.74, 6) is -1.23. The van der Waals surface area contributed by atoms with Gasteiger partial charge in [0, 0.05) is 0 Å². The highest BCUT2D eigenvalue weighted by Crippen LogP contribution is 2.30. The molecule has 29 heavy (non-hydrogen) atoms. The Morgan fingerprint density at radius 2 is 1.31 bits per heavy atom. The van der Waals surface area contributed by atoms with E-state index in [1.807, 2.05) is 6.07 Å². The molecule has 1 N–H and O–H groups in total. The number of hydrogen-bond donors (Lipinski definition) is 1. The zero-order valence-electron chi connectivity index (χ0n) is 15.4. The summed E-state index contributed by atoms with van der Waals surface area (Å²) in [7, 11) is 3.88. The van der Waals surface area contributed by atoms with Crippen molar-refractivity contribution in [2.24, 2.45) is 0 Å². The van der Waals surface area contributed by atoms with Crippen molar-refractivity contribution in [2.45, 2.75) is 0 Å². The third-order valence-corrected chi connectivity index (χ3v) is 3.96. The van der Waals surface area contributed by atoms with Crippen LogP contribution in [0, 0.1) is 22.7 Å². The van der Waals surface area contributed by atoms with Crippen LogP contribution in [-0.2, 0) is 9.47 Å². The molecule has 2 aromatic rings. The number of phenols is 1. The lowest BCUT2D eigenvalue weighted by atomic mass is 10.1. The first-order valence-corrected chi connectivity index (χ1v) is 8.36. The maximum atomic E-state index is 11.2. The lowest BCUT2D eigenvalue weighted by Crippen LogP contribution is -2.02. The van der Waals surface area contributed by atoms with Crippen LogP contribution < -0.4 is 4.74 Å². The van der Waals surface area contributed by atoms with E-state index in [1.54, 1.807) is 6.07 Å². The summed E-state index contributed by atoms with van der Waals surface area (Å²) in [6, 6.07) is 8.83. The fourth-order valence-corrected chi connectivity index (χ4v) is 2.56. The molecule has 0 unspecified atom stereocenters. The zero-order valence-corrected chi connectivity index (χ0v) is 17.0. The number of rotatable bonds is 3. The largest absolute Gasteiger partial charge is 0.505 e. The Labute approximate surface area is 176 Å². The lowest BCUT2D eigenvalue weighted by Gasteiger charge is -2.07. The molecule has 150 valence electrons. The van der Waals surface area contributed by atoms with Crippen molar-refractivity contribution < 1.29 is 28.9 Å². The molecule has 0 bridgehead atoms. The number of nitriles is 2. The number of hydrogen-bond acceptors (Lipinski definition) is 8. The highest BCUT2D eigenvalue weighted by Gasteiger charge is 2.14. The SMILES string of the molecule is COC(=O)c1cc(Cl)c(O)c(C#N)c1.COC(=O)c1cc(Cl)c(OC)c(C#N)c1. The minimum Gasteiger partial charge on any atom is -0.505 e. The van der Waals surface area contributed by atoms with Crippen molar-refractivity contribution in [1.82, 2.24) is 0 Å². The van der Waals surface area contributed by atoms with E-state index < -0.39 is 11.9 Å². The van der Waals surface area contributed by atoms with Gasteiger partial charge in [-0.3, -0.25) is 0 Å². The van der Waals surface area contributed by atoms with Gasteiger partial charge >= 0.3 is 11.9 Å². The number of ether oxygens (including phenoxy) is 3. The molecule has 0 radical (unpaired) electrons. The van der Waals surface area contributed by atoms with Crippen molar-refractivity contribution in [1.29, 1.82) is 10.5 Å². The number of carbonyl (C=O) groups excluding carboxylic acids is 2. The number of carbonyl (C=O) groups is 2. The van der Waals surface area contributed by atoms with Gasteiger partial charge in [-0.1, -0.05) is 23.2 Å². The van der Waals surface area contributed by atoms with Gasteiger partial charge in [-0.15, -0.1) is 0 Å². The Morgan fingerprint density at radius 1 is 0.862 bits per heavy atom. The average Bonchev–Trinajstić information content (AvgIpc) is 2.73. The van der Waals surface area contributed by atoms with Gasteiger partial charge in [-0.25, -0.2) is 9.59 Å². The van der Waals surface area contributed by atoms with E-state index in [0.29, 0.717) is 0 Å². The normalized spacial score (nSPS) is 9.21. The number of benzene rings is 2. The molecule has 0 aliphatic carbocycles. The molecule has 2 aromatic carbocycles. The molecule has 0 spiro atoms. The van der Waals surface area contributed by atoms with Crippen LogP contribution in [0.15, 0.2) is 24.3 Å². The average molecular weight is 437 g/mol. The summed E-state index contributed by atoms with van der Waals surface area (Å²) in [4.78, 5) is 22.3. The molecule has 0 fully saturated rings. The quantitative estimate of drug-likeness (QED) is 0.720. The Morgan fingerprint density at radius 3 is 1.72 bits per heavy atom.